The number of pyridine rings is 1. The van der Waals surface area contributed by atoms with E-state index in [1.54, 1.807) is 18.2 Å². The van der Waals surface area contributed by atoms with Crippen LogP contribution in [0.5, 0.6) is 11.6 Å². The summed E-state index contributed by atoms with van der Waals surface area (Å²) in [6.45, 7) is 1.83. The van der Waals surface area contributed by atoms with Crippen molar-refractivity contribution in [2.24, 2.45) is 4.99 Å². The highest BCUT2D eigenvalue weighted by molar-refractivity contribution is 6.00. The maximum atomic E-state index is 13.5. The molecule has 0 saturated carbocycles. The van der Waals surface area contributed by atoms with Crippen molar-refractivity contribution in [1.29, 1.82) is 0 Å². The summed E-state index contributed by atoms with van der Waals surface area (Å²) < 4.78 is 19.3. The third-order valence-electron chi connectivity index (χ3n) is 4.76. The lowest BCUT2D eigenvalue weighted by molar-refractivity contribution is 0.233. The molecule has 6 heteroatoms. The molecule has 1 atom stereocenters. The molecule has 4 rings (SSSR count). The van der Waals surface area contributed by atoms with Gasteiger partial charge in [0.25, 0.3) is 0 Å². The molecule has 1 aromatic heterocycles. The van der Waals surface area contributed by atoms with E-state index in [1.165, 1.54) is 17.7 Å². The van der Waals surface area contributed by atoms with Gasteiger partial charge in [0.2, 0.25) is 5.88 Å². The number of hydrogen-bond donors (Lipinski definition) is 2. The van der Waals surface area contributed by atoms with Crippen LogP contribution in [-0.2, 0) is 6.42 Å². The monoisotopic (exact) mass is 377 g/mol. The van der Waals surface area contributed by atoms with Gasteiger partial charge in [0, 0.05) is 11.8 Å². The maximum Gasteiger partial charge on any atom is 0.230 e. The summed E-state index contributed by atoms with van der Waals surface area (Å²) in [5.41, 5.74) is 5.85. The largest absolute Gasteiger partial charge is 0.438 e. The molecule has 142 valence electrons. The molecule has 0 bridgehead atoms. The van der Waals surface area contributed by atoms with Crippen molar-refractivity contribution < 1.29 is 14.3 Å². The van der Waals surface area contributed by atoms with Crippen molar-refractivity contribution in [2.75, 3.05) is 0 Å². The van der Waals surface area contributed by atoms with E-state index in [4.69, 9.17) is 9.73 Å². The first-order valence-corrected chi connectivity index (χ1v) is 9.11. The zero-order chi connectivity index (χ0) is 19.5. The van der Waals surface area contributed by atoms with E-state index in [0.29, 0.717) is 11.3 Å². The van der Waals surface area contributed by atoms with Crippen molar-refractivity contribution in [3.05, 3.63) is 88.9 Å². The number of fused-ring (bicyclic) bond motifs is 1. The summed E-state index contributed by atoms with van der Waals surface area (Å²) in [4.78, 5) is 9.13. The molecule has 1 heterocycles. The number of nitrogens with one attached hydrogen (secondary N) is 1. The zero-order valence-electron chi connectivity index (χ0n) is 15.4. The average molecular weight is 377 g/mol. The Hall–Kier alpha value is -3.25. The van der Waals surface area contributed by atoms with Crippen molar-refractivity contribution in [3.63, 3.8) is 0 Å². The zero-order valence-corrected chi connectivity index (χ0v) is 15.4. The molecule has 0 fully saturated rings. The highest BCUT2D eigenvalue weighted by Crippen LogP contribution is 2.34. The minimum absolute atomic E-state index is 0.0610. The molecule has 0 spiro atoms. The van der Waals surface area contributed by atoms with Gasteiger partial charge in [0.1, 0.15) is 11.6 Å². The fourth-order valence-electron chi connectivity index (χ4n) is 3.42. The minimum atomic E-state index is -0.400. The Morgan fingerprint density at radius 2 is 2.04 bits per heavy atom. The maximum absolute atomic E-state index is 13.5. The summed E-state index contributed by atoms with van der Waals surface area (Å²) in [5.74, 6) is 0.434. The van der Waals surface area contributed by atoms with Crippen LogP contribution < -0.4 is 10.2 Å². The lowest BCUT2D eigenvalue weighted by Gasteiger charge is -2.14. The highest BCUT2D eigenvalue weighted by atomic mass is 19.1. The fraction of sp³-hybridized carbons (Fsp3) is 0.182. The predicted octanol–water partition coefficient (Wildman–Crippen LogP) is 4.73. The first kappa shape index (κ1) is 18.1. The number of hydroxylamine groups is 1. The second-order valence-electron chi connectivity index (χ2n) is 6.71. The molecule has 1 unspecified atom stereocenters. The molecule has 0 amide bonds. The van der Waals surface area contributed by atoms with Crippen LogP contribution in [0.15, 0.2) is 65.7 Å². The topological polar surface area (TPSA) is 66.7 Å². The summed E-state index contributed by atoms with van der Waals surface area (Å²) in [6, 6.07) is 17.5. The van der Waals surface area contributed by atoms with E-state index in [0.717, 1.165) is 24.1 Å². The molecular weight excluding hydrogens is 357 g/mol. The van der Waals surface area contributed by atoms with Crippen molar-refractivity contribution in [1.82, 2.24) is 10.5 Å². The Kier molecular flexibility index (Phi) is 5.04. The summed E-state index contributed by atoms with van der Waals surface area (Å²) in [7, 11) is 0. The standard InChI is InChI=1S/C22H20FN3O2/c1-14-9-11-19(22(24-14)28-17-7-4-6-16(23)13-17)21(26-27)25-20-12-10-15-5-2-3-8-18(15)20/h2-9,11,13,20,27H,10,12H2,1H3,(H,25,26). The van der Waals surface area contributed by atoms with Gasteiger partial charge in [-0.25, -0.2) is 9.37 Å². The Morgan fingerprint density at radius 3 is 2.86 bits per heavy atom. The number of aliphatic imine (C=N–C) groups is 1. The predicted molar refractivity (Wildman–Crippen MR) is 104 cm³/mol. The molecule has 0 aliphatic heterocycles. The second kappa shape index (κ2) is 7.78. The van der Waals surface area contributed by atoms with Gasteiger partial charge >= 0.3 is 0 Å². The van der Waals surface area contributed by atoms with Gasteiger partial charge < -0.3 is 4.74 Å². The molecule has 1 aliphatic rings. The van der Waals surface area contributed by atoms with E-state index in [2.05, 4.69) is 22.6 Å². The Balaban J connectivity index is 1.71. The van der Waals surface area contributed by atoms with Gasteiger partial charge in [-0.2, -0.15) is 0 Å². The van der Waals surface area contributed by atoms with Gasteiger partial charge in [-0.05, 0) is 55.2 Å². The van der Waals surface area contributed by atoms with Crippen LogP contribution in [0.2, 0.25) is 0 Å². The smallest absolute Gasteiger partial charge is 0.230 e. The van der Waals surface area contributed by atoms with Crippen LogP contribution in [0.1, 0.15) is 34.8 Å². The quantitative estimate of drug-likeness (QED) is 0.392. The summed E-state index contributed by atoms with van der Waals surface area (Å²) >= 11 is 0. The van der Waals surface area contributed by atoms with E-state index in [9.17, 15) is 9.60 Å². The first-order valence-electron chi connectivity index (χ1n) is 9.11. The third kappa shape index (κ3) is 3.73. The number of amidine groups is 1. The van der Waals surface area contributed by atoms with Gasteiger partial charge in [0.05, 0.1) is 11.6 Å². The van der Waals surface area contributed by atoms with Crippen LogP contribution in [0.3, 0.4) is 0 Å². The average Bonchev–Trinajstić information content (AvgIpc) is 3.10. The van der Waals surface area contributed by atoms with Gasteiger partial charge in [0.15, 0.2) is 5.84 Å². The number of nitrogens with zero attached hydrogens (tertiary/aromatic N) is 2. The van der Waals surface area contributed by atoms with Crippen molar-refractivity contribution >= 4 is 5.84 Å². The number of rotatable bonds is 4. The highest BCUT2D eigenvalue weighted by Gasteiger charge is 2.23. The molecule has 28 heavy (non-hydrogen) atoms. The Morgan fingerprint density at radius 1 is 1.18 bits per heavy atom. The molecule has 1 aliphatic carbocycles. The van der Waals surface area contributed by atoms with Crippen LogP contribution in [-0.4, -0.2) is 16.0 Å². The van der Waals surface area contributed by atoms with Gasteiger partial charge in [-0.1, -0.05) is 30.3 Å². The summed E-state index contributed by atoms with van der Waals surface area (Å²) in [5, 5.41) is 9.77. The van der Waals surface area contributed by atoms with E-state index in [-0.39, 0.29) is 17.8 Å². The number of halogens is 1. The number of aromatic nitrogens is 1. The van der Waals surface area contributed by atoms with Crippen LogP contribution in [0.25, 0.3) is 0 Å². The van der Waals surface area contributed by atoms with Gasteiger partial charge in [-0.15, -0.1) is 0 Å². The SMILES string of the molecule is Cc1ccc(C(=NC2CCc3ccccc32)NO)c(Oc2cccc(F)c2)n1. The van der Waals surface area contributed by atoms with Crippen LogP contribution in [0, 0.1) is 12.7 Å². The normalized spacial score (nSPS) is 16.0. The van der Waals surface area contributed by atoms with E-state index < -0.39 is 5.82 Å². The third-order valence-corrected chi connectivity index (χ3v) is 4.76. The number of benzene rings is 2. The molecule has 5 nitrogen and oxygen atoms in total. The molecule has 0 radical (unpaired) electrons. The Labute approximate surface area is 162 Å². The van der Waals surface area contributed by atoms with Gasteiger partial charge in [-0.3, -0.25) is 15.7 Å². The van der Waals surface area contributed by atoms with Crippen LogP contribution >= 0.6 is 0 Å². The lowest BCUT2D eigenvalue weighted by atomic mass is 10.1. The second-order valence-corrected chi connectivity index (χ2v) is 6.71. The minimum Gasteiger partial charge on any atom is -0.438 e. The van der Waals surface area contributed by atoms with E-state index >= 15 is 0 Å². The van der Waals surface area contributed by atoms with Crippen molar-refractivity contribution in [2.45, 2.75) is 25.8 Å². The number of hydrogen-bond acceptors (Lipinski definition) is 4. The molecule has 2 N–H and O–H groups in total. The molecule has 3 aromatic rings. The lowest BCUT2D eigenvalue weighted by Crippen LogP contribution is -2.22. The number of aryl methyl sites for hydroxylation is 2. The van der Waals surface area contributed by atoms with Crippen LogP contribution in [0.4, 0.5) is 4.39 Å². The Bertz CT molecular complexity index is 1040. The summed E-state index contributed by atoms with van der Waals surface area (Å²) in [6.07, 6.45) is 1.81. The first-order chi connectivity index (χ1) is 13.6. The van der Waals surface area contributed by atoms with Crippen molar-refractivity contribution in [3.8, 4) is 11.6 Å². The van der Waals surface area contributed by atoms with E-state index in [1.807, 2.05) is 25.1 Å². The molecule has 2 aromatic carbocycles. The molecule has 0 saturated heterocycles. The fourth-order valence-corrected chi connectivity index (χ4v) is 3.42. The molecular formula is C22H20FN3O2. The number of ether oxygens (including phenoxy) is 1.